The van der Waals surface area contributed by atoms with Crippen molar-refractivity contribution in [3.63, 3.8) is 0 Å². The number of carbonyl (C=O) groups excluding carboxylic acids is 1. The number of aryl methyl sites for hydroxylation is 1. The number of urea groups is 1. The molecule has 7 nitrogen and oxygen atoms in total. The van der Waals surface area contributed by atoms with E-state index < -0.39 is 24.0 Å². The minimum atomic E-state index is -0.954. The number of carboxylic acids is 1. The molecule has 3 N–H and O–H groups in total. The highest BCUT2D eigenvalue weighted by molar-refractivity contribution is 7.15. The fourth-order valence-corrected chi connectivity index (χ4v) is 1.61. The summed E-state index contributed by atoms with van der Waals surface area (Å²) in [6.45, 7) is 4.93. The summed E-state index contributed by atoms with van der Waals surface area (Å²) in [6, 6.07) is -0.955. The van der Waals surface area contributed by atoms with E-state index in [0.29, 0.717) is 5.13 Å². The second-order valence-electron chi connectivity index (χ2n) is 3.64. The molecule has 0 bridgehead atoms. The standard InChI is InChI=1S/C9H14N4O3S/c1-4(7(14)15)5(2)10-8(16)11-9-13-12-6(3)17-9/h4-5H,1-3H3,(H,14,15)(H2,10,11,13,16). The molecule has 1 heterocycles. The predicted molar refractivity (Wildman–Crippen MR) is 63.1 cm³/mol. The maximum Gasteiger partial charge on any atom is 0.321 e. The van der Waals surface area contributed by atoms with E-state index in [2.05, 4.69) is 20.8 Å². The van der Waals surface area contributed by atoms with Gasteiger partial charge < -0.3 is 10.4 Å². The quantitative estimate of drug-likeness (QED) is 0.749. The Morgan fingerprint density at radius 1 is 1.35 bits per heavy atom. The summed E-state index contributed by atoms with van der Waals surface area (Å²) >= 11 is 1.25. The Balaban J connectivity index is 2.47. The van der Waals surface area contributed by atoms with Crippen molar-refractivity contribution in [1.29, 1.82) is 0 Å². The van der Waals surface area contributed by atoms with Gasteiger partial charge in [-0.3, -0.25) is 10.1 Å². The molecule has 0 aliphatic rings. The first kappa shape index (κ1) is 13.4. The maximum atomic E-state index is 11.5. The molecular formula is C9H14N4O3S. The van der Waals surface area contributed by atoms with Crippen LogP contribution in [0.1, 0.15) is 18.9 Å². The zero-order valence-electron chi connectivity index (χ0n) is 9.72. The third-order valence-corrected chi connectivity index (χ3v) is 3.00. The molecule has 0 saturated heterocycles. The third-order valence-electron chi connectivity index (χ3n) is 2.24. The normalized spacial score (nSPS) is 13.8. The molecule has 2 atom stereocenters. The molecule has 17 heavy (non-hydrogen) atoms. The zero-order chi connectivity index (χ0) is 13.0. The Morgan fingerprint density at radius 3 is 2.47 bits per heavy atom. The summed E-state index contributed by atoms with van der Waals surface area (Å²) in [4.78, 5) is 22.2. The minimum Gasteiger partial charge on any atom is -0.481 e. The van der Waals surface area contributed by atoms with Gasteiger partial charge >= 0.3 is 12.0 Å². The number of amides is 2. The number of nitrogens with one attached hydrogen (secondary N) is 2. The number of nitrogens with zero attached hydrogens (tertiary/aromatic N) is 2. The van der Waals surface area contributed by atoms with Crippen LogP contribution < -0.4 is 10.6 Å². The lowest BCUT2D eigenvalue weighted by Gasteiger charge is -2.17. The molecule has 94 valence electrons. The number of anilines is 1. The average molecular weight is 258 g/mol. The zero-order valence-corrected chi connectivity index (χ0v) is 10.5. The molecule has 2 unspecified atom stereocenters. The van der Waals surface area contributed by atoms with Crippen molar-refractivity contribution in [3.8, 4) is 0 Å². The van der Waals surface area contributed by atoms with Crippen LogP contribution in [0.25, 0.3) is 0 Å². The molecule has 0 radical (unpaired) electrons. The molecule has 0 fully saturated rings. The Kier molecular flexibility index (Phi) is 4.38. The molecule has 0 aromatic carbocycles. The number of rotatable bonds is 4. The van der Waals surface area contributed by atoms with Crippen LogP contribution in [0.4, 0.5) is 9.93 Å². The number of hydrogen-bond acceptors (Lipinski definition) is 5. The SMILES string of the molecule is Cc1nnc(NC(=O)NC(C)C(C)C(=O)O)s1. The van der Waals surface area contributed by atoms with Crippen LogP contribution in [-0.4, -0.2) is 33.3 Å². The van der Waals surface area contributed by atoms with Gasteiger partial charge in [-0.05, 0) is 20.8 Å². The molecule has 1 aromatic rings. The maximum absolute atomic E-state index is 11.5. The van der Waals surface area contributed by atoms with Crippen LogP contribution in [0.5, 0.6) is 0 Å². The topological polar surface area (TPSA) is 104 Å². The molecule has 0 spiro atoms. The van der Waals surface area contributed by atoms with Crippen LogP contribution in [0, 0.1) is 12.8 Å². The fraction of sp³-hybridized carbons (Fsp3) is 0.556. The second kappa shape index (κ2) is 5.58. The van der Waals surface area contributed by atoms with Crippen molar-refractivity contribution < 1.29 is 14.7 Å². The van der Waals surface area contributed by atoms with Gasteiger partial charge in [-0.2, -0.15) is 0 Å². The molecule has 2 amide bonds. The van der Waals surface area contributed by atoms with Gasteiger partial charge in [0.25, 0.3) is 0 Å². The average Bonchev–Trinajstić information content (AvgIpc) is 2.62. The van der Waals surface area contributed by atoms with Crippen LogP contribution in [-0.2, 0) is 4.79 Å². The van der Waals surface area contributed by atoms with E-state index >= 15 is 0 Å². The van der Waals surface area contributed by atoms with Gasteiger partial charge in [-0.25, -0.2) is 4.79 Å². The van der Waals surface area contributed by atoms with Crippen molar-refractivity contribution in [2.45, 2.75) is 26.8 Å². The Hall–Kier alpha value is -1.70. The summed E-state index contributed by atoms with van der Waals surface area (Å²) in [7, 11) is 0. The largest absolute Gasteiger partial charge is 0.481 e. The molecule has 8 heteroatoms. The van der Waals surface area contributed by atoms with Crippen molar-refractivity contribution in [2.75, 3.05) is 5.32 Å². The number of hydrogen-bond donors (Lipinski definition) is 3. The molecule has 1 rings (SSSR count). The van der Waals surface area contributed by atoms with Gasteiger partial charge in [0.05, 0.1) is 5.92 Å². The third kappa shape index (κ3) is 3.99. The van der Waals surface area contributed by atoms with E-state index in [1.807, 2.05) is 0 Å². The predicted octanol–water partition coefficient (Wildman–Crippen LogP) is 1.08. The first-order valence-electron chi connectivity index (χ1n) is 5.00. The molecular weight excluding hydrogens is 244 g/mol. The highest BCUT2D eigenvalue weighted by Gasteiger charge is 2.21. The van der Waals surface area contributed by atoms with Crippen molar-refractivity contribution >= 4 is 28.5 Å². The van der Waals surface area contributed by atoms with Crippen LogP contribution in [0.2, 0.25) is 0 Å². The molecule has 0 aliphatic heterocycles. The summed E-state index contributed by atoms with van der Waals surface area (Å²) < 4.78 is 0. The summed E-state index contributed by atoms with van der Waals surface area (Å²) in [6.07, 6.45) is 0. The molecule has 0 saturated carbocycles. The van der Waals surface area contributed by atoms with E-state index in [0.717, 1.165) is 5.01 Å². The van der Waals surface area contributed by atoms with Crippen molar-refractivity contribution in [3.05, 3.63) is 5.01 Å². The Morgan fingerprint density at radius 2 is 2.00 bits per heavy atom. The number of aliphatic carboxylic acids is 1. The minimum absolute atomic E-state index is 0.384. The van der Waals surface area contributed by atoms with Gasteiger partial charge in [-0.1, -0.05) is 11.3 Å². The Labute approximate surface area is 102 Å². The highest BCUT2D eigenvalue weighted by atomic mass is 32.1. The highest BCUT2D eigenvalue weighted by Crippen LogP contribution is 2.13. The van der Waals surface area contributed by atoms with Gasteiger partial charge in [0.1, 0.15) is 5.01 Å². The Bertz CT molecular complexity index is 420. The molecule has 1 aromatic heterocycles. The summed E-state index contributed by atoms with van der Waals surface area (Å²) in [5.41, 5.74) is 0. The van der Waals surface area contributed by atoms with Gasteiger partial charge in [0, 0.05) is 6.04 Å². The lowest BCUT2D eigenvalue weighted by atomic mass is 10.0. The van der Waals surface area contributed by atoms with Gasteiger partial charge in [0.2, 0.25) is 5.13 Å². The van der Waals surface area contributed by atoms with Crippen molar-refractivity contribution in [2.24, 2.45) is 5.92 Å². The number of aromatic nitrogens is 2. The number of carbonyl (C=O) groups is 2. The summed E-state index contributed by atoms with van der Waals surface area (Å²) in [5, 5.41) is 22.4. The van der Waals surface area contributed by atoms with Crippen LogP contribution >= 0.6 is 11.3 Å². The van der Waals surface area contributed by atoms with E-state index in [-0.39, 0.29) is 0 Å². The smallest absolute Gasteiger partial charge is 0.321 e. The van der Waals surface area contributed by atoms with Crippen molar-refractivity contribution in [1.82, 2.24) is 15.5 Å². The van der Waals surface area contributed by atoms with Gasteiger partial charge in [-0.15, -0.1) is 10.2 Å². The van der Waals surface area contributed by atoms with E-state index in [9.17, 15) is 9.59 Å². The lowest BCUT2D eigenvalue weighted by molar-refractivity contribution is -0.141. The van der Waals surface area contributed by atoms with Gasteiger partial charge in [0.15, 0.2) is 0 Å². The second-order valence-corrected chi connectivity index (χ2v) is 4.82. The molecule has 0 aliphatic carbocycles. The fourth-order valence-electron chi connectivity index (χ4n) is 1.03. The van der Waals surface area contributed by atoms with E-state index in [1.54, 1.807) is 13.8 Å². The lowest BCUT2D eigenvalue weighted by Crippen LogP contribution is -2.42. The monoisotopic (exact) mass is 258 g/mol. The summed E-state index contributed by atoms with van der Waals surface area (Å²) in [5.74, 6) is -1.61. The van der Waals surface area contributed by atoms with Crippen LogP contribution in [0.3, 0.4) is 0 Å². The first-order valence-corrected chi connectivity index (χ1v) is 5.82. The van der Waals surface area contributed by atoms with Crippen LogP contribution in [0.15, 0.2) is 0 Å². The van der Waals surface area contributed by atoms with E-state index in [4.69, 9.17) is 5.11 Å². The number of carboxylic acid groups (broad SMARTS) is 1. The first-order chi connectivity index (χ1) is 7.90. The van der Waals surface area contributed by atoms with E-state index in [1.165, 1.54) is 18.3 Å².